The summed E-state index contributed by atoms with van der Waals surface area (Å²) in [5, 5.41) is 2.81. The van der Waals surface area contributed by atoms with Gasteiger partial charge in [0.1, 0.15) is 12.1 Å². The molecule has 1 heterocycles. The van der Waals surface area contributed by atoms with Crippen LogP contribution in [0.5, 0.6) is 0 Å². The third-order valence-electron chi connectivity index (χ3n) is 3.69. The molecule has 108 valence electrons. The fourth-order valence-corrected chi connectivity index (χ4v) is 2.89. The van der Waals surface area contributed by atoms with E-state index in [1.54, 1.807) is 4.90 Å². The maximum atomic E-state index is 12.6. The highest BCUT2D eigenvalue weighted by Gasteiger charge is 2.40. The minimum Gasteiger partial charge on any atom is -0.342 e. The maximum Gasteiger partial charge on any atom is 0.250 e. The second kappa shape index (κ2) is 5.95. The minimum absolute atomic E-state index is 0.0276. The Morgan fingerprint density at radius 3 is 2.55 bits per heavy atom. The number of aryl methyl sites for hydroxylation is 1. The van der Waals surface area contributed by atoms with Gasteiger partial charge in [0.2, 0.25) is 11.8 Å². The number of anilines is 1. The van der Waals surface area contributed by atoms with Crippen molar-refractivity contribution < 1.29 is 9.59 Å². The smallest absolute Gasteiger partial charge is 0.250 e. The van der Waals surface area contributed by atoms with Crippen LogP contribution in [0.3, 0.4) is 0 Å². The molecule has 4 nitrogen and oxygen atoms in total. The van der Waals surface area contributed by atoms with Crippen molar-refractivity contribution in [3.63, 3.8) is 0 Å². The molecule has 2 rings (SSSR count). The van der Waals surface area contributed by atoms with E-state index in [-0.39, 0.29) is 11.8 Å². The van der Waals surface area contributed by atoms with Crippen LogP contribution < -0.4 is 10.2 Å². The first kappa shape index (κ1) is 15.0. The maximum absolute atomic E-state index is 12.6. The second-order valence-electron chi connectivity index (χ2n) is 5.03. The first-order chi connectivity index (χ1) is 9.49. The van der Waals surface area contributed by atoms with E-state index in [9.17, 15) is 9.59 Å². The van der Waals surface area contributed by atoms with Crippen molar-refractivity contribution in [1.82, 2.24) is 5.32 Å². The van der Waals surface area contributed by atoms with Gasteiger partial charge in [-0.05, 0) is 37.5 Å². The fourth-order valence-electron chi connectivity index (χ4n) is 2.54. The van der Waals surface area contributed by atoms with Gasteiger partial charge in [-0.15, -0.1) is 0 Å². The summed E-state index contributed by atoms with van der Waals surface area (Å²) >= 11 is 3.43. The van der Waals surface area contributed by atoms with Crippen LogP contribution >= 0.6 is 15.9 Å². The Morgan fingerprint density at radius 1 is 1.25 bits per heavy atom. The molecule has 0 bridgehead atoms. The third-order valence-corrected chi connectivity index (χ3v) is 4.19. The Kier molecular flexibility index (Phi) is 4.48. The molecule has 0 saturated carbocycles. The molecule has 0 aliphatic carbocycles. The molecule has 2 unspecified atom stereocenters. The summed E-state index contributed by atoms with van der Waals surface area (Å²) in [5.74, 6) is -0.0986. The van der Waals surface area contributed by atoms with Crippen LogP contribution in [0.15, 0.2) is 22.7 Å². The Labute approximate surface area is 127 Å². The molecule has 1 aromatic rings. The molecule has 0 spiro atoms. The van der Waals surface area contributed by atoms with Crippen LogP contribution in [0.2, 0.25) is 0 Å². The lowest BCUT2D eigenvalue weighted by molar-refractivity contribution is -0.134. The lowest BCUT2D eigenvalue weighted by Crippen LogP contribution is -2.63. The molecule has 1 saturated heterocycles. The predicted octanol–water partition coefficient (Wildman–Crippen LogP) is 2.78. The summed E-state index contributed by atoms with van der Waals surface area (Å²) in [4.78, 5) is 26.5. The summed E-state index contributed by atoms with van der Waals surface area (Å²) < 4.78 is 0.903. The number of rotatable bonds is 3. The third kappa shape index (κ3) is 2.59. The SMILES string of the molecule is CCC1NC(=O)C(CC)N(c2cc(Br)ccc2C)C1=O. The molecule has 5 heteroatoms. The topological polar surface area (TPSA) is 49.4 Å². The van der Waals surface area contributed by atoms with Gasteiger partial charge in [0.25, 0.3) is 0 Å². The van der Waals surface area contributed by atoms with E-state index in [0.717, 1.165) is 15.7 Å². The van der Waals surface area contributed by atoms with E-state index in [1.807, 2.05) is 39.0 Å². The van der Waals surface area contributed by atoms with Gasteiger partial charge >= 0.3 is 0 Å². The van der Waals surface area contributed by atoms with Crippen LogP contribution in [0, 0.1) is 6.92 Å². The summed E-state index contributed by atoms with van der Waals surface area (Å²) in [5.41, 5.74) is 1.80. The highest BCUT2D eigenvalue weighted by atomic mass is 79.9. The van der Waals surface area contributed by atoms with E-state index in [1.165, 1.54) is 0 Å². The number of nitrogens with zero attached hydrogens (tertiary/aromatic N) is 1. The average molecular weight is 339 g/mol. The molecular formula is C15H19BrN2O2. The van der Waals surface area contributed by atoms with E-state index >= 15 is 0 Å². The molecule has 2 atom stereocenters. The van der Waals surface area contributed by atoms with Crippen LogP contribution in [-0.4, -0.2) is 23.9 Å². The number of carbonyl (C=O) groups excluding carboxylic acids is 2. The van der Waals surface area contributed by atoms with Crippen molar-refractivity contribution in [2.45, 2.75) is 45.7 Å². The molecule has 1 aliphatic rings. The Morgan fingerprint density at radius 2 is 1.95 bits per heavy atom. The first-order valence-electron chi connectivity index (χ1n) is 6.89. The number of amides is 2. The Hall–Kier alpha value is -1.36. The van der Waals surface area contributed by atoms with Gasteiger partial charge in [-0.25, -0.2) is 0 Å². The zero-order valence-corrected chi connectivity index (χ0v) is 13.5. The summed E-state index contributed by atoms with van der Waals surface area (Å²) in [6.07, 6.45) is 1.20. The molecule has 0 aromatic heterocycles. The zero-order valence-electron chi connectivity index (χ0n) is 11.9. The summed E-state index contributed by atoms with van der Waals surface area (Å²) in [6, 6.07) is 4.93. The number of nitrogens with one attached hydrogen (secondary N) is 1. The number of benzene rings is 1. The lowest BCUT2D eigenvalue weighted by atomic mass is 10.0. The average Bonchev–Trinajstić information content (AvgIpc) is 2.43. The number of piperazine rings is 1. The minimum atomic E-state index is -0.432. The van der Waals surface area contributed by atoms with Gasteiger partial charge in [0.05, 0.1) is 0 Å². The Bertz CT molecular complexity index is 545. The highest BCUT2D eigenvalue weighted by molar-refractivity contribution is 9.10. The van der Waals surface area contributed by atoms with Crippen molar-refractivity contribution >= 4 is 33.4 Å². The standard InChI is InChI=1S/C15H19BrN2O2/c1-4-11-15(20)18(12(5-2)14(19)17-11)13-8-10(16)7-6-9(13)3/h6-8,11-12H,4-5H2,1-3H3,(H,17,19). The predicted molar refractivity (Wildman–Crippen MR) is 82.7 cm³/mol. The van der Waals surface area contributed by atoms with Crippen molar-refractivity contribution in [1.29, 1.82) is 0 Å². The van der Waals surface area contributed by atoms with E-state index in [0.29, 0.717) is 12.8 Å². The van der Waals surface area contributed by atoms with Gasteiger partial charge < -0.3 is 5.32 Å². The van der Waals surface area contributed by atoms with Gasteiger partial charge in [-0.3, -0.25) is 14.5 Å². The summed E-state index contributed by atoms with van der Waals surface area (Å²) in [7, 11) is 0. The zero-order chi connectivity index (χ0) is 14.9. The van der Waals surface area contributed by atoms with Crippen molar-refractivity contribution in [2.24, 2.45) is 0 Å². The van der Waals surface area contributed by atoms with Gasteiger partial charge in [-0.2, -0.15) is 0 Å². The van der Waals surface area contributed by atoms with Crippen LogP contribution in [0.1, 0.15) is 32.3 Å². The fraction of sp³-hybridized carbons (Fsp3) is 0.467. The monoisotopic (exact) mass is 338 g/mol. The number of hydrogen-bond donors (Lipinski definition) is 1. The molecular weight excluding hydrogens is 320 g/mol. The van der Waals surface area contributed by atoms with Gasteiger partial charge in [0.15, 0.2) is 0 Å². The largest absolute Gasteiger partial charge is 0.342 e. The van der Waals surface area contributed by atoms with Crippen molar-refractivity contribution in [3.05, 3.63) is 28.2 Å². The molecule has 1 aliphatic heterocycles. The normalized spacial score (nSPS) is 22.9. The van der Waals surface area contributed by atoms with E-state index in [4.69, 9.17) is 0 Å². The number of halogens is 1. The molecule has 2 amide bonds. The molecule has 0 radical (unpaired) electrons. The highest BCUT2D eigenvalue weighted by Crippen LogP contribution is 2.29. The number of carbonyl (C=O) groups is 2. The van der Waals surface area contributed by atoms with Crippen LogP contribution in [0.25, 0.3) is 0 Å². The van der Waals surface area contributed by atoms with E-state index < -0.39 is 12.1 Å². The quantitative estimate of drug-likeness (QED) is 0.921. The second-order valence-corrected chi connectivity index (χ2v) is 5.95. The number of hydrogen-bond acceptors (Lipinski definition) is 2. The lowest BCUT2D eigenvalue weighted by Gasteiger charge is -2.39. The van der Waals surface area contributed by atoms with Crippen LogP contribution in [0.4, 0.5) is 5.69 Å². The van der Waals surface area contributed by atoms with Gasteiger partial charge in [0, 0.05) is 10.2 Å². The molecule has 1 N–H and O–H groups in total. The summed E-state index contributed by atoms with van der Waals surface area (Å²) in [6.45, 7) is 5.78. The molecule has 20 heavy (non-hydrogen) atoms. The van der Waals surface area contributed by atoms with Gasteiger partial charge in [-0.1, -0.05) is 35.8 Å². The Balaban J connectivity index is 2.50. The van der Waals surface area contributed by atoms with Crippen LogP contribution in [-0.2, 0) is 9.59 Å². The van der Waals surface area contributed by atoms with E-state index in [2.05, 4.69) is 21.2 Å². The molecule has 1 aromatic carbocycles. The van der Waals surface area contributed by atoms with Crippen molar-refractivity contribution in [2.75, 3.05) is 4.90 Å². The first-order valence-corrected chi connectivity index (χ1v) is 7.68. The molecule has 1 fully saturated rings. The van der Waals surface area contributed by atoms with Crippen molar-refractivity contribution in [3.8, 4) is 0 Å².